The van der Waals surface area contributed by atoms with E-state index in [4.69, 9.17) is 9.26 Å². The third-order valence-electron chi connectivity index (χ3n) is 4.65. The standard InChI is InChI=1S/C21H24N2O4S/c1-6-7-16-10-19(28-15(16)5)21(25)26-11-18(24)17-8-12(2)23(14(17)4)20-9-13(3)27-22-20/h8-10H,6-7,11H2,1-5H3. The van der Waals surface area contributed by atoms with Crippen molar-refractivity contribution in [2.24, 2.45) is 0 Å². The topological polar surface area (TPSA) is 74.3 Å². The third-order valence-corrected chi connectivity index (χ3v) is 5.72. The molecule has 3 aromatic heterocycles. The molecule has 0 radical (unpaired) electrons. The quantitative estimate of drug-likeness (QED) is 0.422. The Hall–Kier alpha value is -2.67. The fourth-order valence-corrected chi connectivity index (χ4v) is 4.24. The highest BCUT2D eigenvalue weighted by Crippen LogP contribution is 2.24. The van der Waals surface area contributed by atoms with E-state index in [1.54, 1.807) is 12.1 Å². The number of nitrogens with zero attached hydrogens (tertiary/aromatic N) is 2. The van der Waals surface area contributed by atoms with Crippen molar-refractivity contribution in [1.29, 1.82) is 0 Å². The number of hydrogen-bond acceptors (Lipinski definition) is 6. The second kappa shape index (κ2) is 8.14. The van der Waals surface area contributed by atoms with Gasteiger partial charge in [0, 0.05) is 27.9 Å². The number of thiophene rings is 1. The molecule has 0 N–H and O–H groups in total. The Kier molecular flexibility index (Phi) is 5.84. The lowest BCUT2D eigenvalue weighted by molar-refractivity contribution is 0.0479. The summed E-state index contributed by atoms with van der Waals surface area (Å²) in [6.07, 6.45) is 1.95. The van der Waals surface area contributed by atoms with Crippen LogP contribution in [0.3, 0.4) is 0 Å². The number of Topliss-reactive ketones (excluding diaryl/α,β-unsaturated/α-hetero) is 1. The maximum Gasteiger partial charge on any atom is 0.348 e. The second-order valence-corrected chi connectivity index (χ2v) is 8.11. The van der Waals surface area contributed by atoms with Gasteiger partial charge in [-0.05, 0) is 51.8 Å². The van der Waals surface area contributed by atoms with Gasteiger partial charge in [-0.1, -0.05) is 18.5 Å². The van der Waals surface area contributed by atoms with Crippen LogP contribution in [0.2, 0.25) is 0 Å². The van der Waals surface area contributed by atoms with E-state index >= 15 is 0 Å². The predicted octanol–water partition coefficient (Wildman–Crippen LogP) is 4.75. The maximum atomic E-state index is 12.6. The van der Waals surface area contributed by atoms with Gasteiger partial charge in [-0.25, -0.2) is 4.79 Å². The molecule has 0 atom stereocenters. The van der Waals surface area contributed by atoms with E-state index in [2.05, 4.69) is 12.1 Å². The molecule has 0 aliphatic rings. The van der Waals surface area contributed by atoms with Crippen LogP contribution in [0.4, 0.5) is 0 Å². The van der Waals surface area contributed by atoms with E-state index in [1.165, 1.54) is 11.3 Å². The van der Waals surface area contributed by atoms with Crippen LogP contribution < -0.4 is 0 Å². The van der Waals surface area contributed by atoms with Crippen LogP contribution >= 0.6 is 11.3 Å². The fourth-order valence-electron chi connectivity index (χ4n) is 3.27. The number of ether oxygens (including phenoxy) is 1. The summed E-state index contributed by atoms with van der Waals surface area (Å²) in [7, 11) is 0. The number of carbonyl (C=O) groups excluding carboxylic acids is 2. The number of aromatic nitrogens is 2. The summed E-state index contributed by atoms with van der Waals surface area (Å²) in [5.74, 6) is 0.624. The van der Waals surface area contributed by atoms with Crippen molar-refractivity contribution in [3.05, 3.63) is 56.2 Å². The van der Waals surface area contributed by atoms with Crippen LogP contribution in [0.5, 0.6) is 0 Å². The highest BCUT2D eigenvalue weighted by atomic mass is 32.1. The summed E-state index contributed by atoms with van der Waals surface area (Å²) < 4.78 is 12.3. The van der Waals surface area contributed by atoms with Gasteiger partial charge < -0.3 is 9.26 Å². The molecule has 28 heavy (non-hydrogen) atoms. The van der Waals surface area contributed by atoms with Crippen LogP contribution in [0.1, 0.15) is 61.0 Å². The molecule has 3 aromatic rings. The predicted molar refractivity (Wildman–Crippen MR) is 108 cm³/mol. The lowest BCUT2D eigenvalue weighted by atomic mass is 10.1. The minimum Gasteiger partial charge on any atom is -0.453 e. The number of carbonyl (C=O) groups is 2. The number of ketones is 1. The van der Waals surface area contributed by atoms with Gasteiger partial charge >= 0.3 is 5.97 Å². The first-order valence-electron chi connectivity index (χ1n) is 9.24. The van der Waals surface area contributed by atoms with E-state index < -0.39 is 5.97 Å². The first kappa shape index (κ1) is 20.1. The van der Waals surface area contributed by atoms with Gasteiger partial charge in [-0.2, -0.15) is 0 Å². The summed E-state index contributed by atoms with van der Waals surface area (Å²) in [6, 6.07) is 5.46. The number of esters is 1. The number of hydrogen-bond donors (Lipinski definition) is 0. The summed E-state index contributed by atoms with van der Waals surface area (Å²) >= 11 is 1.41. The molecule has 3 rings (SSSR count). The van der Waals surface area contributed by atoms with Gasteiger partial charge in [-0.3, -0.25) is 9.36 Å². The Balaban J connectivity index is 1.72. The van der Waals surface area contributed by atoms with Crippen molar-refractivity contribution in [2.75, 3.05) is 6.61 Å². The zero-order valence-electron chi connectivity index (χ0n) is 16.8. The molecule has 0 unspecified atom stereocenters. The molecular formula is C21H24N2O4S. The molecule has 6 nitrogen and oxygen atoms in total. The number of aryl methyl sites for hydroxylation is 4. The minimum atomic E-state index is -0.454. The third kappa shape index (κ3) is 3.94. The normalized spacial score (nSPS) is 11.0. The molecule has 0 saturated heterocycles. The summed E-state index contributed by atoms with van der Waals surface area (Å²) in [5, 5.41) is 4.01. The van der Waals surface area contributed by atoms with E-state index in [1.807, 2.05) is 38.3 Å². The molecule has 3 heterocycles. The van der Waals surface area contributed by atoms with Crippen molar-refractivity contribution in [1.82, 2.24) is 9.72 Å². The molecule has 7 heteroatoms. The second-order valence-electron chi connectivity index (χ2n) is 6.86. The first-order valence-corrected chi connectivity index (χ1v) is 10.1. The van der Waals surface area contributed by atoms with Crippen LogP contribution in [0, 0.1) is 27.7 Å². The molecular weight excluding hydrogens is 376 g/mol. The highest BCUT2D eigenvalue weighted by Gasteiger charge is 2.21. The molecule has 0 spiro atoms. The molecule has 148 valence electrons. The largest absolute Gasteiger partial charge is 0.453 e. The van der Waals surface area contributed by atoms with Gasteiger partial charge in [0.25, 0.3) is 0 Å². The SMILES string of the molecule is CCCc1cc(C(=O)OCC(=O)c2cc(C)n(-c3cc(C)on3)c2C)sc1C. The molecule has 0 aliphatic carbocycles. The van der Waals surface area contributed by atoms with Gasteiger partial charge in [0.15, 0.2) is 12.4 Å². The maximum absolute atomic E-state index is 12.6. The molecule has 0 aliphatic heterocycles. The van der Waals surface area contributed by atoms with Gasteiger partial charge in [0.1, 0.15) is 10.6 Å². The Labute approximate surface area is 168 Å². The molecule has 0 saturated carbocycles. The zero-order valence-corrected chi connectivity index (χ0v) is 17.6. The van der Waals surface area contributed by atoms with E-state index in [0.29, 0.717) is 22.0 Å². The summed E-state index contributed by atoms with van der Waals surface area (Å²) in [5.41, 5.74) is 3.28. The van der Waals surface area contributed by atoms with Crippen molar-refractivity contribution in [2.45, 2.75) is 47.5 Å². The molecule has 0 fully saturated rings. The monoisotopic (exact) mass is 400 g/mol. The molecule has 0 aromatic carbocycles. The Bertz CT molecular complexity index is 1030. The van der Waals surface area contributed by atoms with Crippen molar-refractivity contribution >= 4 is 23.1 Å². The van der Waals surface area contributed by atoms with E-state index in [-0.39, 0.29) is 12.4 Å². The summed E-state index contributed by atoms with van der Waals surface area (Å²) in [6.45, 7) is 9.35. The average molecular weight is 401 g/mol. The van der Waals surface area contributed by atoms with Crippen LogP contribution in [0.15, 0.2) is 22.7 Å². The van der Waals surface area contributed by atoms with Crippen LogP contribution in [-0.4, -0.2) is 28.1 Å². The zero-order chi connectivity index (χ0) is 20.4. The van der Waals surface area contributed by atoms with Crippen LogP contribution in [-0.2, 0) is 11.2 Å². The van der Waals surface area contributed by atoms with Crippen molar-refractivity contribution in [3.8, 4) is 5.82 Å². The van der Waals surface area contributed by atoms with Gasteiger partial charge in [0.05, 0.1) is 0 Å². The lowest BCUT2D eigenvalue weighted by Crippen LogP contribution is -2.14. The molecule has 0 amide bonds. The minimum absolute atomic E-state index is 0.241. The van der Waals surface area contributed by atoms with Crippen molar-refractivity contribution < 1.29 is 18.8 Å². The smallest absolute Gasteiger partial charge is 0.348 e. The van der Waals surface area contributed by atoms with Gasteiger partial charge in [0.2, 0.25) is 5.78 Å². The van der Waals surface area contributed by atoms with E-state index in [0.717, 1.165) is 34.7 Å². The Morgan fingerprint density at radius 1 is 1.18 bits per heavy atom. The van der Waals surface area contributed by atoms with Crippen LogP contribution in [0.25, 0.3) is 5.82 Å². The lowest BCUT2D eigenvalue weighted by Gasteiger charge is -2.05. The fraction of sp³-hybridized carbons (Fsp3) is 0.381. The number of rotatable bonds is 7. The average Bonchev–Trinajstić information content (AvgIpc) is 3.31. The first-order chi connectivity index (χ1) is 13.3. The highest BCUT2D eigenvalue weighted by molar-refractivity contribution is 7.14. The van der Waals surface area contributed by atoms with Crippen molar-refractivity contribution in [3.63, 3.8) is 0 Å². The Morgan fingerprint density at radius 3 is 2.57 bits per heavy atom. The summed E-state index contributed by atoms with van der Waals surface area (Å²) in [4.78, 5) is 26.6. The van der Waals surface area contributed by atoms with E-state index in [9.17, 15) is 9.59 Å². The Morgan fingerprint density at radius 2 is 1.93 bits per heavy atom. The molecule has 0 bridgehead atoms. The van der Waals surface area contributed by atoms with Gasteiger partial charge in [-0.15, -0.1) is 11.3 Å².